The fraction of sp³-hybridized carbons (Fsp3) is 0.625. The van der Waals surface area contributed by atoms with Gasteiger partial charge in [-0.05, 0) is 33.6 Å². The Morgan fingerprint density at radius 3 is 1.77 bits per heavy atom. The zero-order valence-electron chi connectivity index (χ0n) is 13.9. The summed E-state index contributed by atoms with van der Waals surface area (Å²) in [5.41, 5.74) is 9.82. The quantitative estimate of drug-likeness (QED) is 0.732. The van der Waals surface area contributed by atoms with Crippen molar-refractivity contribution >= 4 is 10.0 Å². The van der Waals surface area contributed by atoms with E-state index in [0.29, 0.717) is 0 Å². The Morgan fingerprint density at radius 1 is 1.00 bits per heavy atom. The Kier molecular flexibility index (Phi) is 9.64. The molecule has 0 bridgehead atoms. The van der Waals surface area contributed by atoms with Gasteiger partial charge in [0.1, 0.15) is 0 Å². The van der Waals surface area contributed by atoms with Crippen LogP contribution in [0.3, 0.4) is 0 Å². The molecule has 1 aliphatic carbocycles. The molecule has 0 unspecified atom stereocenters. The fourth-order valence-electron chi connectivity index (χ4n) is 2.78. The van der Waals surface area contributed by atoms with Gasteiger partial charge in [-0.15, -0.1) is 0 Å². The Bertz CT molecular complexity index is 511. The SMILES string of the molecule is CS(=O)(=O)N[C@@H]1CCCC[C@H]1N.Cc1cc(C)cc(C)c1.[Ru]. The Labute approximate surface area is 148 Å². The van der Waals surface area contributed by atoms with Crippen LogP contribution in [0, 0.1) is 20.8 Å². The predicted molar refractivity (Wildman–Crippen MR) is 88.9 cm³/mol. The Morgan fingerprint density at radius 2 is 1.41 bits per heavy atom. The first-order valence-corrected chi connectivity index (χ1v) is 9.34. The molecule has 3 N–H and O–H groups in total. The smallest absolute Gasteiger partial charge is 0.209 e. The number of rotatable bonds is 2. The zero-order chi connectivity index (χ0) is 16.0. The van der Waals surface area contributed by atoms with Gasteiger partial charge >= 0.3 is 0 Å². The number of aryl methyl sites for hydroxylation is 3. The maximum absolute atomic E-state index is 10.9. The monoisotopic (exact) mass is 414 g/mol. The second kappa shape index (κ2) is 9.76. The molecule has 1 fully saturated rings. The standard InChI is InChI=1S/C9H12.C7H16N2O2S.Ru/c1-7-4-8(2)6-9(3)5-7;1-12(10,11)9-7-5-3-2-4-6(7)8;/h4-6H,1-3H3;6-7,9H,2-5,8H2,1H3;/t;6-,7-;/m.1./s1. The van der Waals surface area contributed by atoms with E-state index in [4.69, 9.17) is 5.73 Å². The second-order valence-electron chi connectivity index (χ2n) is 6.11. The molecule has 1 saturated carbocycles. The first-order chi connectivity index (χ1) is 9.67. The van der Waals surface area contributed by atoms with Gasteiger partial charge < -0.3 is 5.73 Å². The summed E-state index contributed by atoms with van der Waals surface area (Å²) in [5, 5.41) is 0. The molecule has 6 heteroatoms. The van der Waals surface area contributed by atoms with E-state index in [9.17, 15) is 8.42 Å². The Balaban J connectivity index is 0.000000397. The number of hydrogen-bond donors (Lipinski definition) is 2. The summed E-state index contributed by atoms with van der Waals surface area (Å²) in [4.78, 5) is 0. The summed E-state index contributed by atoms with van der Waals surface area (Å²) in [7, 11) is -3.09. The van der Waals surface area contributed by atoms with Crippen molar-refractivity contribution in [1.29, 1.82) is 0 Å². The minimum Gasteiger partial charge on any atom is -0.326 e. The van der Waals surface area contributed by atoms with Crippen molar-refractivity contribution in [2.45, 2.75) is 58.5 Å². The molecule has 0 aliphatic heterocycles. The zero-order valence-corrected chi connectivity index (χ0v) is 16.4. The van der Waals surface area contributed by atoms with Crippen molar-refractivity contribution < 1.29 is 27.9 Å². The van der Waals surface area contributed by atoms with Crippen LogP contribution in [0.4, 0.5) is 0 Å². The summed E-state index contributed by atoms with van der Waals surface area (Å²) >= 11 is 0. The summed E-state index contributed by atoms with van der Waals surface area (Å²) < 4.78 is 24.3. The molecule has 0 spiro atoms. The molecular formula is C16H28N2O2RuS. The molecule has 1 aliphatic rings. The molecule has 2 rings (SSSR count). The van der Waals surface area contributed by atoms with Crippen molar-refractivity contribution in [3.05, 3.63) is 34.9 Å². The molecule has 128 valence electrons. The van der Waals surface area contributed by atoms with Gasteiger partial charge in [0.25, 0.3) is 0 Å². The van der Waals surface area contributed by atoms with Gasteiger partial charge in [0.2, 0.25) is 10.0 Å². The van der Waals surface area contributed by atoms with E-state index < -0.39 is 10.0 Å². The van der Waals surface area contributed by atoms with Crippen LogP contribution in [0.5, 0.6) is 0 Å². The van der Waals surface area contributed by atoms with E-state index in [1.165, 1.54) is 22.9 Å². The molecule has 2 atom stereocenters. The molecule has 1 aromatic carbocycles. The average molecular weight is 414 g/mol. The summed E-state index contributed by atoms with van der Waals surface area (Å²) in [6, 6.07) is 6.51. The predicted octanol–water partition coefficient (Wildman–Crippen LogP) is 2.41. The molecule has 0 heterocycles. The summed E-state index contributed by atoms with van der Waals surface area (Å²) in [6.07, 6.45) is 5.15. The van der Waals surface area contributed by atoms with Crippen LogP contribution >= 0.6 is 0 Å². The van der Waals surface area contributed by atoms with Crippen molar-refractivity contribution in [2.75, 3.05) is 6.26 Å². The number of nitrogens with one attached hydrogen (secondary N) is 1. The van der Waals surface area contributed by atoms with E-state index >= 15 is 0 Å². The topological polar surface area (TPSA) is 72.2 Å². The molecule has 22 heavy (non-hydrogen) atoms. The van der Waals surface area contributed by atoms with Crippen LogP contribution in [-0.2, 0) is 29.5 Å². The van der Waals surface area contributed by atoms with Crippen molar-refractivity contribution in [3.8, 4) is 0 Å². The van der Waals surface area contributed by atoms with Gasteiger partial charge in [-0.25, -0.2) is 13.1 Å². The van der Waals surface area contributed by atoms with Gasteiger partial charge in [0.15, 0.2) is 0 Å². The maximum Gasteiger partial charge on any atom is 0.209 e. The van der Waals surface area contributed by atoms with Gasteiger partial charge in [-0.1, -0.05) is 47.7 Å². The van der Waals surface area contributed by atoms with Crippen LogP contribution < -0.4 is 10.5 Å². The summed E-state index contributed by atoms with van der Waals surface area (Å²) in [5.74, 6) is 0. The first-order valence-electron chi connectivity index (χ1n) is 7.45. The van der Waals surface area contributed by atoms with Crippen LogP contribution in [0.2, 0.25) is 0 Å². The van der Waals surface area contributed by atoms with Crippen LogP contribution in [-0.4, -0.2) is 26.8 Å². The van der Waals surface area contributed by atoms with E-state index in [2.05, 4.69) is 43.7 Å². The van der Waals surface area contributed by atoms with Crippen LogP contribution in [0.15, 0.2) is 18.2 Å². The minimum atomic E-state index is -3.09. The molecule has 1 aromatic rings. The molecule has 0 aromatic heterocycles. The number of nitrogens with two attached hydrogens (primary N) is 1. The van der Waals surface area contributed by atoms with Crippen LogP contribution in [0.25, 0.3) is 0 Å². The second-order valence-corrected chi connectivity index (χ2v) is 7.89. The van der Waals surface area contributed by atoms with Crippen LogP contribution in [0.1, 0.15) is 42.4 Å². The Hall–Kier alpha value is -0.287. The largest absolute Gasteiger partial charge is 0.326 e. The van der Waals surface area contributed by atoms with Gasteiger partial charge in [-0.3, -0.25) is 0 Å². The third kappa shape index (κ3) is 8.99. The average Bonchev–Trinajstić information content (AvgIpc) is 2.29. The maximum atomic E-state index is 10.9. The van der Waals surface area contributed by atoms with E-state index in [1.54, 1.807) is 0 Å². The third-order valence-corrected chi connectivity index (χ3v) is 4.28. The number of benzene rings is 1. The number of hydrogen-bond acceptors (Lipinski definition) is 3. The molecule has 0 amide bonds. The fourth-order valence-corrected chi connectivity index (χ4v) is 3.63. The number of sulfonamides is 1. The van der Waals surface area contributed by atoms with Crippen molar-refractivity contribution in [1.82, 2.24) is 4.72 Å². The summed E-state index contributed by atoms with van der Waals surface area (Å²) in [6.45, 7) is 6.38. The van der Waals surface area contributed by atoms with E-state index in [-0.39, 0.29) is 31.6 Å². The normalized spacial score (nSPS) is 21.3. The van der Waals surface area contributed by atoms with E-state index in [1.807, 2.05) is 0 Å². The van der Waals surface area contributed by atoms with Gasteiger partial charge in [0.05, 0.1) is 6.26 Å². The first kappa shape index (κ1) is 21.7. The van der Waals surface area contributed by atoms with Gasteiger partial charge in [-0.2, -0.15) is 0 Å². The molecule has 0 radical (unpaired) electrons. The molecule has 0 saturated heterocycles. The minimum absolute atomic E-state index is 0. The van der Waals surface area contributed by atoms with Crippen molar-refractivity contribution in [3.63, 3.8) is 0 Å². The van der Waals surface area contributed by atoms with Gasteiger partial charge in [0, 0.05) is 31.6 Å². The van der Waals surface area contributed by atoms with E-state index in [0.717, 1.165) is 25.7 Å². The molecule has 4 nitrogen and oxygen atoms in total. The third-order valence-electron chi connectivity index (χ3n) is 3.55. The molecular weight excluding hydrogens is 385 g/mol. The van der Waals surface area contributed by atoms with Crippen molar-refractivity contribution in [2.24, 2.45) is 5.73 Å².